The number of hydrogen-bond acceptors (Lipinski definition) is 4. The molecule has 1 aliphatic rings. The van der Waals surface area contributed by atoms with Crippen molar-refractivity contribution in [3.63, 3.8) is 0 Å². The van der Waals surface area contributed by atoms with Gasteiger partial charge < -0.3 is 0 Å². The van der Waals surface area contributed by atoms with E-state index in [9.17, 15) is 19.7 Å². The number of rotatable bonds is 3. The number of nitrogens with zero attached hydrogens (tertiary/aromatic N) is 2. The van der Waals surface area contributed by atoms with Gasteiger partial charge in [0, 0.05) is 30.0 Å². The van der Waals surface area contributed by atoms with Crippen molar-refractivity contribution in [2.24, 2.45) is 0 Å². The summed E-state index contributed by atoms with van der Waals surface area (Å²) in [7, 11) is 0. The molecule has 2 rings (SSSR count). The van der Waals surface area contributed by atoms with Crippen LogP contribution in [-0.4, -0.2) is 21.6 Å². The summed E-state index contributed by atoms with van der Waals surface area (Å²) in [6.45, 7) is -0.0157. The van der Waals surface area contributed by atoms with E-state index in [4.69, 9.17) is 11.6 Å². The van der Waals surface area contributed by atoms with Crippen LogP contribution >= 0.6 is 11.6 Å². The Balaban J connectivity index is 2.27. The van der Waals surface area contributed by atoms with Crippen molar-refractivity contribution in [2.75, 3.05) is 0 Å². The van der Waals surface area contributed by atoms with Crippen LogP contribution in [0.4, 0.5) is 5.69 Å². The highest BCUT2D eigenvalue weighted by Crippen LogP contribution is 2.25. The van der Waals surface area contributed by atoms with E-state index in [1.54, 1.807) is 0 Å². The maximum absolute atomic E-state index is 11.9. The van der Waals surface area contributed by atoms with Crippen LogP contribution in [0.25, 0.3) is 0 Å². The summed E-state index contributed by atoms with van der Waals surface area (Å²) in [6, 6.07) is 3.99. The Bertz CT molecular complexity index is 555. The molecule has 20 heavy (non-hydrogen) atoms. The van der Waals surface area contributed by atoms with E-state index in [1.807, 2.05) is 0 Å². The third-order valence-corrected chi connectivity index (χ3v) is 3.57. The van der Waals surface area contributed by atoms with Gasteiger partial charge in [-0.25, -0.2) is 0 Å². The SMILES string of the molecule is O=C1CCCCC(=O)N1Cc1cc([N+](=O)[O-])ccc1Cl. The Kier molecular flexibility index (Phi) is 4.34. The van der Waals surface area contributed by atoms with Crippen LogP contribution in [-0.2, 0) is 16.1 Å². The molecular weight excluding hydrogens is 284 g/mol. The highest BCUT2D eigenvalue weighted by atomic mass is 35.5. The van der Waals surface area contributed by atoms with Gasteiger partial charge in [-0.05, 0) is 24.5 Å². The molecule has 0 aromatic heterocycles. The number of nitro groups is 1. The maximum atomic E-state index is 11.9. The molecule has 0 unspecified atom stereocenters. The van der Waals surface area contributed by atoms with Gasteiger partial charge >= 0.3 is 0 Å². The molecule has 1 aliphatic heterocycles. The lowest BCUT2D eigenvalue weighted by atomic mass is 10.1. The minimum absolute atomic E-state index is 0.0157. The molecule has 1 fully saturated rings. The molecule has 1 saturated heterocycles. The zero-order valence-corrected chi connectivity index (χ0v) is 11.4. The number of amides is 2. The molecule has 2 amide bonds. The van der Waals surface area contributed by atoms with Gasteiger partial charge in [-0.2, -0.15) is 0 Å². The first-order valence-corrected chi connectivity index (χ1v) is 6.63. The molecular formula is C13H13ClN2O4. The molecule has 0 bridgehead atoms. The smallest absolute Gasteiger partial charge is 0.269 e. The number of nitro benzene ring substituents is 1. The molecule has 106 valence electrons. The van der Waals surface area contributed by atoms with Crippen molar-refractivity contribution in [1.82, 2.24) is 4.90 Å². The van der Waals surface area contributed by atoms with Crippen molar-refractivity contribution in [1.29, 1.82) is 0 Å². The predicted octanol–water partition coefficient (Wildman–Crippen LogP) is 2.68. The third-order valence-electron chi connectivity index (χ3n) is 3.20. The minimum atomic E-state index is -0.536. The average molecular weight is 297 g/mol. The molecule has 6 nitrogen and oxygen atoms in total. The van der Waals surface area contributed by atoms with Gasteiger partial charge in [0.15, 0.2) is 0 Å². The molecule has 0 N–H and O–H groups in total. The topological polar surface area (TPSA) is 80.5 Å². The van der Waals surface area contributed by atoms with E-state index in [0.29, 0.717) is 36.3 Å². The molecule has 1 aromatic rings. The number of halogens is 1. The van der Waals surface area contributed by atoms with E-state index < -0.39 is 4.92 Å². The van der Waals surface area contributed by atoms with Gasteiger partial charge in [0.05, 0.1) is 11.5 Å². The Morgan fingerprint density at radius 1 is 1.20 bits per heavy atom. The zero-order valence-electron chi connectivity index (χ0n) is 10.7. The van der Waals surface area contributed by atoms with Crippen LogP contribution in [0.5, 0.6) is 0 Å². The van der Waals surface area contributed by atoms with Crippen molar-refractivity contribution in [3.05, 3.63) is 38.9 Å². The second kappa shape index (κ2) is 6.00. The monoisotopic (exact) mass is 296 g/mol. The molecule has 1 heterocycles. The van der Waals surface area contributed by atoms with E-state index in [1.165, 1.54) is 18.2 Å². The van der Waals surface area contributed by atoms with Crippen LogP contribution in [0.2, 0.25) is 5.02 Å². The lowest BCUT2D eigenvalue weighted by Crippen LogP contribution is -2.34. The van der Waals surface area contributed by atoms with Gasteiger partial charge in [-0.3, -0.25) is 24.6 Å². The zero-order chi connectivity index (χ0) is 14.7. The number of carbonyl (C=O) groups excluding carboxylic acids is 2. The average Bonchev–Trinajstić information content (AvgIpc) is 2.55. The lowest BCUT2D eigenvalue weighted by Gasteiger charge is -2.19. The predicted molar refractivity (Wildman–Crippen MR) is 72.1 cm³/mol. The second-order valence-corrected chi connectivity index (χ2v) is 5.02. The number of likely N-dealkylation sites (tertiary alicyclic amines) is 1. The van der Waals surface area contributed by atoms with Crippen molar-refractivity contribution < 1.29 is 14.5 Å². The summed E-state index contributed by atoms with van der Waals surface area (Å²) in [4.78, 5) is 35.1. The van der Waals surface area contributed by atoms with Gasteiger partial charge in [-0.1, -0.05) is 11.6 Å². The highest BCUT2D eigenvalue weighted by Gasteiger charge is 2.25. The first-order chi connectivity index (χ1) is 9.49. The summed E-state index contributed by atoms with van der Waals surface area (Å²) in [5, 5.41) is 11.1. The third kappa shape index (κ3) is 3.14. The number of non-ortho nitro benzene ring substituents is 1. The summed E-state index contributed by atoms with van der Waals surface area (Å²) in [5.74, 6) is -0.509. The van der Waals surface area contributed by atoms with Crippen molar-refractivity contribution >= 4 is 29.1 Å². The number of imide groups is 1. The van der Waals surface area contributed by atoms with Crippen LogP contribution in [0, 0.1) is 10.1 Å². The molecule has 1 aromatic carbocycles. The Morgan fingerprint density at radius 3 is 2.35 bits per heavy atom. The van der Waals surface area contributed by atoms with E-state index in [-0.39, 0.29) is 24.0 Å². The normalized spacial score (nSPS) is 16.1. The van der Waals surface area contributed by atoms with Crippen LogP contribution in [0.3, 0.4) is 0 Å². The minimum Gasteiger partial charge on any atom is -0.278 e. The van der Waals surface area contributed by atoms with Crippen molar-refractivity contribution in [3.8, 4) is 0 Å². The first-order valence-electron chi connectivity index (χ1n) is 6.25. The van der Waals surface area contributed by atoms with E-state index in [2.05, 4.69) is 0 Å². The highest BCUT2D eigenvalue weighted by molar-refractivity contribution is 6.31. The van der Waals surface area contributed by atoms with Gasteiger partial charge in [0.2, 0.25) is 11.8 Å². The number of benzene rings is 1. The summed E-state index contributed by atoms with van der Waals surface area (Å²) in [6.07, 6.45) is 2.00. The fraction of sp³-hybridized carbons (Fsp3) is 0.385. The summed E-state index contributed by atoms with van der Waals surface area (Å²) >= 11 is 5.98. The molecule has 0 aliphatic carbocycles. The Hall–Kier alpha value is -1.95. The van der Waals surface area contributed by atoms with Crippen LogP contribution in [0.15, 0.2) is 18.2 Å². The second-order valence-electron chi connectivity index (χ2n) is 4.61. The summed E-state index contributed by atoms with van der Waals surface area (Å²) < 4.78 is 0. The maximum Gasteiger partial charge on any atom is 0.269 e. The Labute approximate surface area is 120 Å². The van der Waals surface area contributed by atoms with Gasteiger partial charge in [0.25, 0.3) is 5.69 Å². The molecule has 0 atom stereocenters. The van der Waals surface area contributed by atoms with Crippen LogP contribution < -0.4 is 0 Å². The number of carbonyl (C=O) groups is 2. The van der Waals surface area contributed by atoms with Crippen molar-refractivity contribution in [2.45, 2.75) is 32.2 Å². The van der Waals surface area contributed by atoms with E-state index in [0.717, 1.165) is 4.90 Å². The molecule has 0 saturated carbocycles. The first kappa shape index (κ1) is 14.5. The van der Waals surface area contributed by atoms with E-state index >= 15 is 0 Å². The van der Waals surface area contributed by atoms with Gasteiger partial charge in [-0.15, -0.1) is 0 Å². The Morgan fingerprint density at radius 2 is 1.80 bits per heavy atom. The lowest BCUT2D eigenvalue weighted by molar-refractivity contribution is -0.384. The largest absolute Gasteiger partial charge is 0.278 e. The molecule has 7 heteroatoms. The van der Waals surface area contributed by atoms with Crippen LogP contribution in [0.1, 0.15) is 31.2 Å². The molecule has 0 spiro atoms. The number of hydrogen-bond donors (Lipinski definition) is 0. The fourth-order valence-corrected chi connectivity index (χ4v) is 2.28. The van der Waals surface area contributed by atoms with Gasteiger partial charge in [0.1, 0.15) is 0 Å². The fourth-order valence-electron chi connectivity index (χ4n) is 2.10. The molecule has 0 radical (unpaired) electrons. The standard InChI is InChI=1S/C13H13ClN2O4/c14-11-6-5-10(16(19)20)7-9(11)8-15-12(17)3-1-2-4-13(15)18/h5-7H,1-4,8H2. The summed E-state index contributed by atoms with van der Waals surface area (Å²) in [5.41, 5.74) is 0.295. The quantitative estimate of drug-likeness (QED) is 0.488.